The largest absolute Gasteiger partial charge is 0.481 e. The van der Waals surface area contributed by atoms with Gasteiger partial charge in [-0.3, -0.25) is 24.0 Å². The summed E-state index contributed by atoms with van der Waals surface area (Å²) in [5.41, 5.74) is 11.2. The Kier molecular flexibility index (Phi) is 24.9. The first-order valence-electron chi connectivity index (χ1n) is 23.6. The highest BCUT2D eigenvalue weighted by molar-refractivity contribution is 6.47. The maximum absolute atomic E-state index is 13.7. The van der Waals surface area contributed by atoms with Crippen molar-refractivity contribution in [3.63, 3.8) is 0 Å². The minimum absolute atomic E-state index is 0. The number of unbranched alkanes of at least 4 members (excludes halogenated alkanes) is 9. The number of aliphatic hydroxyl groups is 1. The highest BCUT2D eigenvalue weighted by atomic mass is 35.5. The van der Waals surface area contributed by atoms with Crippen LogP contribution < -0.4 is 43.4 Å². The van der Waals surface area contributed by atoms with Gasteiger partial charge in [-0.2, -0.15) is 0 Å². The number of carbonyl (C=O) groups excluding carboxylic acids is 5. The third-order valence-electron chi connectivity index (χ3n) is 13.5. The van der Waals surface area contributed by atoms with Gasteiger partial charge in [-0.15, -0.1) is 12.4 Å². The first-order valence-corrected chi connectivity index (χ1v) is 23.6. The van der Waals surface area contributed by atoms with E-state index in [1.807, 2.05) is 6.92 Å². The summed E-state index contributed by atoms with van der Waals surface area (Å²) in [6, 6.07) is -4.45. The highest BCUT2D eigenvalue weighted by Crippen LogP contribution is 2.65. The molecule has 1 saturated heterocycles. The summed E-state index contributed by atoms with van der Waals surface area (Å²) < 4.78 is 12.9. The van der Waals surface area contributed by atoms with Gasteiger partial charge < -0.3 is 57.8 Å². The molecule has 11 N–H and O–H groups in total. The fourth-order valence-electron chi connectivity index (χ4n) is 9.33. The number of aliphatic hydroxyl groups excluding tert-OH is 1. The zero-order chi connectivity index (χ0) is 45.2. The molecule has 0 aromatic rings. The lowest BCUT2D eigenvalue weighted by Crippen LogP contribution is -2.65. The number of nitrogens with one attached hydrogen (secondary N) is 6. The van der Waals surface area contributed by atoms with Crippen LogP contribution in [0.15, 0.2) is 0 Å². The second kappa shape index (κ2) is 27.7. The first-order chi connectivity index (χ1) is 29.0. The van der Waals surface area contributed by atoms with Crippen molar-refractivity contribution in [3.8, 4) is 0 Å². The Morgan fingerprint density at radius 3 is 1.87 bits per heavy atom. The second-order valence-electron chi connectivity index (χ2n) is 18.8. The molecule has 4 rings (SSSR count). The summed E-state index contributed by atoms with van der Waals surface area (Å²) in [7, 11) is -0.639. The van der Waals surface area contributed by atoms with Gasteiger partial charge in [0, 0.05) is 13.0 Å². The summed E-state index contributed by atoms with van der Waals surface area (Å²) in [4.78, 5) is 67.1. The van der Waals surface area contributed by atoms with E-state index in [9.17, 15) is 29.1 Å². The standard InChI is InChI=1S/C44H83BN8O8.ClH/c1-8-9-10-11-12-13-14-19-25-48-26-22-37(55)51-33(20-15-17-23-46)41(58)53-38(30(3)54)42(59)49-29(2)39(56)52-34(21-16-18-24-47)40(57)50-31(4)45-60-36-28-32-27-35(43(32,5)6)44(36,7)61-45;/h29-36,38,48,54H,8-28,46-47H2,1-7H3,(H,49,59)(H,50,57)(H,51,55)(H,52,56)(H,53,58);1H/t29-,30+,31-,32-,33-,34-,35-,36+,38-,44-;/m0./s1. The minimum Gasteiger partial charge on any atom is -0.404 e. The molecule has 0 radical (unpaired) electrons. The van der Waals surface area contributed by atoms with Crippen molar-refractivity contribution in [3.05, 3.63) is 0 Å². The average molecular weight is 899 g/mol. The van der Waals surface area contributed by atoms with Crippen molar-refractivity contribution < 1.29 is 38.4 Å². The highest BCUT2D eigenvalue weighted by Gasteiger charge is 2.68. The van der Waals surface area contributed by atoms with Crippen molar-refractivity contribution in [2.75, 3.05) is 26.2 Å². The van der Waals surface area contributed by atoms with Crippen molar-refractivity contribution in [1.29, 1.82) is 0 Å². The third-order valence-corrected chi connectivity index (χ3v) is 13.5. The van der Waals surface area contributed by atoms with Crippen molar-refractivity contribution in [2.45, 2.75) is 206 Å². The molecule has 16 nitrogen and oxygen atoms in total. The molecule has 1 aliphatic heterocycles. The predicted octanol–water partition coefficient (Wildman–Crippen LogP) is 2.90. The van der Waals surface area contributed by atoms with Gasteiger partial charge in [-0.05, 0) is 122 Å². The Hall–Kier alpha value is -2.54. The molecule has 0 aromatic carbocycles. The van der Waals surface area contributed by atoms with Crippen LogP contribution in [-0.2, 0) is 33.3 Å². The van der Waals surface area contributed by atoms with E-state index in [1.54, 1.807) is 0 Å². The number of nitrogens with two attached hydrogens (primary N) is 2. The van der Waals surface area contributed by atoms with Crippen LogP contribution in [0.2, 0.25) is 0 Å². The van der Waals surface area contributed by atoms with Crippen molar-refractivity contribution in [2.24, 2.45) is 28.7 Å². The number of amides is 5. The fraction of sp³-hybridized carbons (Fsp3) is 0.886. The van der Waals surface area contributed by atoms with Crippen LogP contribution in [0.4, 0.5) is 0 Å². The van der Waals surface area contributed by atoms with E-state index in [0.29, 0.717) is 63.6 Å². The topological polar surface area (TPSA) is 248 Å². The average Bonchev–Trinajstić information content (AvgIpc) is 3.58. The molecule has 1 heterocycles. The van der Waals surface area contributed by atoms with Gasteiger partial charge in [-0.25, -0.2) is 0 Å². The Labute approximate surface area is 378 Å². The fourth-order valence-corrected chi connectivity index (χ4v) is 9.33. The molecule has 3 aliphatic carbocycles. The third kappa shape index (κ3) is 16.5. The number of halogens is 1. The summed E-state index contributed by atoms with van der Waals surface area (Å²) in [5.74, 6) is -2.32. The quantitative estimate of drug-likeness (QED) is 0.0362. The minimum atomic E-state index is -1.43. The molecule has 358 valence electrons. The first kappa shape index (κ1) is 55.6. The van der Waals surface area contributed by atoms with Gasteiger partial charge in [-0.1, -0.05) is 65.7 Å². The zero-order valence-corrected chi connectivity index (χ0v) is 39.8. The Morgan fingerprint density at radius 1 is 0.710 bits per heavy atom. The van der Waals surface area contributed by atoms with Crippen LogP contribution in [0.25, 0.3) is 0 Å². The van der Waals surface area contributed by atoms with Crippen molar-refractivity contribution in [1.82, 2.24) is 31.9 Å². The molecule has 0 unspecified atom stereocenters. The molecule has 62 heavy (non-hydrogen) atoms. The molecule has 4 aliphatic rings. The maximum atomic E-state index is 13.7. The van der Waals surface area contributed by atoms with Crippen LogP contribution >= 0.6 is 12.4 Å². The van der Waals surface area contributed by atoms with Gasteiger partial charge in [0.2, 0.25) is 29.5 Å². The molecule has 2 bridgehead atoms. The molecular weight excluding hydrogens is 815 g/mol. The monoisotopic (exact) mass is 899 g/mol. The SMILES string of the molecule is CCCCCCCCCCNCCC(=O)N[C@@H](CCCCN)C(=O)N[C@H](C(=O)N[C@@H](C)C(=O)N[C@@H](CCCCN)C(=O)N[C@@H](C)B1O[C@@H]2C[C@@H]3C[C@@H](C3(C)C)[C@]2(C)O1)[C@@H](C)O.Cl. The van der Waals surface area contributed by atoms with Gasteiger partial charge in [0.05, 0.1) is 23.8 Å². The number of carbonyl (C=O) groups is 5. The van der Waals surface area contributed by atoms with E-state index in [1.165, 1.54) is 52.4 Å². The lowest BCUT2D eigenvalue weighted by molar-refractivity contribution is -0.199. The van der Waals surface area contributed by atoms with Crippen LogP contribution in [0.1, 0.15) is 158 Å². The van der Waals surface area contributed by atoms with Gasteiger partial charge in [0.15, 0.2) is 0 Å². The predicted molar refractivity (Wildman–Crippen MR) is 246 cm³/mol. The smallest absolute Gasteiger partial charge is 0.404 e. The van der Waals surface area contributed by atoms with Crippen LogP contribution in [0, 0.1) is 17.3 Å². The molecule has 3 saturated carbocycles. The molecule has 18 heteroatoms. The normalized spacial score (nSPS) is 23.8. The van der Waals surface area contributed by atoms with E-state index in [4.69, 9.17) is 20.8 Å². The summed E-state index contributed by atoms with van der Waals surface area (Å²) in [6.45, 7) is 15.7. The number of rotatable bonds is 31. The maximum Gasteiger partial charge on any atom is 0.481 e. The Morgan fingerprint density at radius 2 is 1.29 bits per heavy atom. The molecular formula is C44H84BClN8O8. The summed E-state index contributed by atoms with van der Waals surface area (Å²) in [5, 5.41) is 27.6. The van der Waals surface area contributed by atoms with E-state index >= 15 is 0 Å². The number of hydrogen-bond donors (Lipinski definition) is 9. The van der Waals surface area contributed by atoms with Gasteiger partial charge in [0.25, 0.3) is 0 Å². The summed E-state index contributed by atoms with van der Waals surface area (Å²) in [6.07, 6.45) is 13.6. The molecule has 5 amide bonds. The van der Waals surface area contributed by atoms with E-state index < -0.39 is 72.6 Å². The summed E-state index contributed by atoms with van der Waals surface area (Å²) >= 11 is 0. The lowest BCUT2D eigenvalue weighted by Gasteiger charge is -2.64. The Balaban J connectivity index is 0.0000132. The van der Waals surface area contributed by atoms with Crippen LogP contribution in [0.3, 0.4) is 0 Å². The molecule has 10 atom stereocenters. The zero-order valence-electron chi connectivity index (χ0n) is 39.0. The van der Waals surface area contributed by atoms with Gasteiger partial charge in [0.1, 0.15) is 24.2 Å². The second-order valence-corrected chi connectivity index (χ2v) is 18.8. The van der Waals surface area contributed by atoms with Gasteiger partial charge >= 0.3 is 7.12 Å². The van der Waals surface area contributed by atoms with Crippen molar-refractivity contribution >= 4 is 49.1 Å². The van der Waals surface area contributed by atoms with E-state index in [0.717, 1.165) is 32.2 Å². The van der Waals surface area contributed by atoms with E-state index in [2.05, 4.69) is 59.6 Å². The lowest BCUT2D eigenvalue weighted by atomic mass is 9.43. The number of hydrogen-bond acceptors (Lipinski definition) is 11. The molecule has 4 fully saturated rings. The molecule has 0 aromatic heterocycles. The van der Waals surface area contributed by atoms with E-state index in [-0.39, 0.29) is 42.7 Å². The molecule has 0 spiro atoms. The Bertz CT molecular complexity index is 1400. The van der Waals surface area contributed by atoms with Crippen LogP contribution in [0.5, 0.6) is 0 Å². The van der Waals surface area contributed by atoms with Crippen LogP contribution in [-0.4, -0.2) is 116 Å².